The lowest BCUT2D eigenvalue weighted by Crippen LogP contribution is -2.11. The van der Waals surface area contributed by atoms with Gasteiger partial charge in [-0.05, 0) is 30.3 Å². The zero-order valence-electron chi connectivity index (χ0n) is 14.1. The van der Waals surface area contributed by atoms with Crippen molar-refractivity contribution in [3.05, 3.63) is 53.9 Å². The van der Waals surface area contributed by atoms with Crippen LogP contribution in [-0.4, -0.2) is 29.7 Å². The Hall–Kier alpha value is -3.16. The number of carbonyl (C=O) groups is 1. The molecule has 0 spiro atoms. The number of halogens is 2. The van der Waals surface area contributed by atoms with Crippen LogP contribution in [0.4, 0.5) is 8.78 Å². The van der Waals surface area contributed by atoms with Gasteiger partial charge < -0.3 is 14.2 Å². The monoisotopic (exact) mass is 362 g/mol. The molecule has 0 amide bonds. The van der Waals surface area contributed by atoms with Crippen LogP contribution >= 0.6 is 0 Å². The van der Waals surface area contributed by atoms with Gasteiger partial charge in [0.25, 0.3) is 0 Å². The van der Waals surface area contributed by atoms with E-state index in [0.717, 1.165) is 4.57 Å². The summed E-state index contributed by atoms with van der Waals surface area (Å²) in [6, 6.07) is 11.1. The maximum Gasteiger partial charge on any atom is 0.342 e. The van der Waals surface area contributed by atoms with Gasteiger partial charge in [0.05, 0.1) is 25.3 Å². The van der Waals surface area contributed by atoms with E-state index in [1.54, 1.807) is 30.3 Å². The van der Waals surface area contributed by atoms with E-state index in [1.807, 2.05) is 0 Å². The number of ether oxygens (including phenoxy) is 3. The summed E-state index contributed by atoms with van der Waals surface area (Å²) in [5.74, 6) is -0.0410. The van der Waals surface area contributed by atoms with Crippen LogP contribution in [0, 0.1) is 0 Å². The third kappa shape index (κ3) is 3.30. The van der Waals surface area contributed by atoms with Crippen LogP contribution in [0.1, 0.15) is 22.7 Å². The number of esters is 1. The summed E-state index contributed by atoms with van der Waals surface area (Å²) in [6.45, 7) is -3.21. The van der Waals surface area contributed by atoms with Crippen LogP contribution in [0.15, 0.2) is 42.5 Å². The van der Waals surface area contributed by atoms with E-state index in [2.05, 4.69) is 4.98 Å². The van der Waals surface area contributed by atoms with Gasteiger partial charge in [-0.25, -0.2) is 9.78 Å². The second-order valence-electron chi connectivity index (χ2n) is 5.31. The summed E-state index contributed by atoms with van der Waals surface area (Å²) in [4.78, 5) is 16.5. The molecule has 0 atom stereocenters. The minimum atomic E-state index is -2.80. The Bertz CT molecular complexity index is 940. The maximum atomic E-state index is 13.4. The molecule has 0 saturated heterocycles. The molecular weight excluding hydrogens is 346 g/mol. The average molecular weight is 362 g/mol. The van der Waals surface area contributed by atoms with Gasteiger partial charge in [0.2, 0.25) is 0 Å². The van der Waals surface area contributed by atoms with Crippen molar-refractivity contribution in [2.24, 2.45) is 0 Å². The lowest BCUT2D eigenvalue weighted by Gasteiger charge is -2.11. The van der Waals surface area contributed by atoms with Crippen molar-refractivity contribution in [1.29, 1.82) is 0 Å². The van der Waals surface area contributed by atoms with E-state index >= 15 is 0 Å². The second-order valence-corrected chi connectivity index (χ2v) is 5.31. The zero-order valence-corrected chi connectivity index (χ0v) is 14.1. The number of para-hydroxylation sites is 2. The second kappa shape index (κ2) is 7.38. The Morgan fingerprint density at radius 2 is 1.92 bits per heavy atom. The van der Waals surface area contributed by atoms with E-state index in [0.29, 0.717) is 11.3 Å². The number of aromatic nitrogens is 2. The molecule has 0 aliphatic heterocycles. The molecule has 8 heteroatoms. The predicted octanol–water partition coefficient (Wildman–Crippen LogP) is 3.81. The molecule has 0 bridgehead atoms. The standard InChI is InChI=1S/C18H16F2N2O4/c1-24-11-7-8-15(25-2)12(9-11)17(23)26-10-16-21-13-5-3-4-6-14(13)22(16)18(19)20/h3-9,18H,10H2,1-2H3. The Morgan fingerprint density at radius 3 is 2.62 bits per heavy atom. The number of fused-ring (bicyclic) bond motifs is 1. The highest BCUT2D eigenvalue weighted by molar-refractivity contribution is 5.93. The molecule has 0 aliphatic carbocycles. The van der Waals surface area contributed by atoms with Gasteiger partial charge >= 0.3 is 12.5 Å². The van der Waals surface area contributed by atoms with Crippen molar-refractivity contribution in [3.8, 4) is 11.5 Å². The number of nitrogens with zero attached hydrogens (tertiary/aromatic N) is 2. The summed E-state index contributed by atoms with van der Waals surface area (Å²) in [6.07, 6.45) is 0. The number of imidazole rings is 1. The largest absolute Gasteiger partial charge is 0.497 e. The number of hydrogen-bond acceptors (Lipinski definition) is 5. The molecule has 0 N–H and O–H groups in total. The van der Waals surface area contributed by atoms with Gasteiger partial charge in [-0.3, -0.25) is 4.57 Å². The average Bonchev–Trinajstić information content (AvgIpc) is 3.04. The lowest BCUT2D eigenvalue weighted by molar-refractivity contribution is 0.0384. The number of carbonyl (C=O) groups excluding carboxylic acids is 1. The van der Waals surface area contributed by atoms with Gasteiger partial charge in [0, 0.05) is 0 Å². The summed E-state index contributed by atoms with van der Waals surface area (Å²) >= 11 is 0. The molecule has 0 aliphatic rings. The summed E-state index contributed by atoms with van der Waals surface area (Å²) < 4.78 is 42.9. The molecule has 6 nitrogen and oxygen atoms in total. The normalized spacial score (nSPS) is 11.0. The number of hydrogen-bond donors (Lipinski definition) is 0. The molecule has 2 aromatic carbocycles. The predicted molar refractivity (Wildman–Crippen MR) is 89.7 cm³/mol. The van der Waals surface area contributed by atoms with E-state index in [4.69, 9.17) is 14.2 Å². The summed E-state index contributed by atoms with van der Waals surface area (Å²) in [5, 5.41) is 0. The first-order chi connectivity index (χ1) is 12.5. The fourth-order valence-electron chi connectivity index (χ4n) is 2.60. The Morgan fingerprint density at radius 1 is 1.15 bits per heavy atom. The fraction of sp³-hybridized carbons (Fsp3) is 0.222. The molecule has 136 valence electrons. The maximum absolute atomic E-state index is 13.4. The molecule has 0 radical (unpaired) electrons. The molecule has 3 rings (SSSR count). The van der Waals surface area contributed by atoms with Gasteiger partial charge in [-0.2, -0.15) is 8.78 Å². The Balaban J connectivity index is 1.86. The van der Waals surface area contributed by atoms with Gasteiger partial charge in [0.15, 0.2) is 5.82 Å². The van der Waals surface area contributed by atoms with Crippen LogP contribution in [0.2, 0.25) is 0 Å². The summed E-state index contributed by atoms with van der Waals surface area (Å²) in [7, 11) is 2.87. The van der Waals surface area contributed by atoms with Crippen LogP contribution in [-0.2, 0) is 11.3 Å². The van der Waals surface area contributed by atoms with E-state index in [9.17, 15) is 13.6 Å². The molecule has 26 heavy (non-hydrogen) atoms. The van der Waals surface area contributed by atoms with Crippen molar-refractivity contribution in [2.75, 3.05) is 14.2 Å². The highest BCUT2D eigenvalue weighted by Crippen LogP contribution is 2.26. The molecule has 0 unspecified atom stereocenters. The number of alkyl halides is 2. The first kappa shape index (κ1) is 17.7. The van der Waals surface area contributed by atoms with Crippen molar-refractivity contribution in [3.63, 3.8) is 0 Å². The van der Waals surface area contributed by atoms with E-state index in [1.165, 1.54) is 26.4 Å². The Labute approximate surface area is 147 Å². The van der Waals surface area contributed by atoms with Gasteiger partial charge in [-0.15, -0.1) is 0 Å². The molecule has 1 aromatic heterocycles. The van der Waals surface area contributed by atoms with Crippen molar-refractivity contribution >= 4 is 17.0 Å². The first-order valence-electron chi connectivity index (χ1n) is 7.68. The summed E-state index contributed by atoms with van der Waals surface area (Å²) in [5.41, 5.74) is 0.803. The first-order valence-corrected chi connectivity index (χ1v) is 7.68. The van der Waals surface area contributed by atoms with Crippen LogP contribution in [0.3, 0.4) is 0 Å². The molecule has 0 saturated carbocycles. The fourth-order valence-corrected chi connectivity index (χ4v) is 2.60. The quantitative estimate of drug-likeness (QED) is 0.624. The third-order valence-corrected chi connectivity index (χ3v) is 3.82. The minimum Gasteiger partial charge on any atom is -0.497 e. The molecule has 3 aromatic rings. The van der Waals surface area contributed by atoms with E-state index in [-0.39, 0.29) is 22.7 Å². The number of methoxy groups -OCH3 is 2. The zero-order chi connectivity index (χ0) is 18.7. The highest BCUT2D eigenvalue weighted by Gasteiger charge is 2.20. The lowest BCUT2D eigenvalue weighted by atomic mass is 10.2. The van der Waals surface area contributed by atoms with Gasteiger partial charge in [0.1, 0.15) is 23.7 Å². The smallest absolute Gasteiger partial charge is 0.342 e. The van der Waals surface area contributed by atoms with Crippen LogP contribution in [0.25, 0.3) is 11.0 Å². The van der Waals surface area contributed by atoms with E-state index < -0.39 is 19.1 Å². The van der Waals surface area contributed by atoms with Crippen molar-refractivity contribution in [1.82, 2.24) is 9.55 Å². The van der Waals surface area contributed by atoms with Crippen LogP contribution in [0.5, 0.6) is 11.5 Å². The highest BCUT2D eigenvalue weighted by atomic mass is 19.3. The molecule has 1 heterocycles. The number of rotatable bonds is 6. The topological polar surface area (TPSA) is 62.6 Å². The molecular formula is C18H16F2N2O4. The van der Waals surface area contributed by atoms with Gasteiger partial charge in [-0.1, -0.05) is 12.1 Å². The van der Waals surface area contributed by atoms with Crippen molar-refractivity contribution < 1.29 is 27.8 Å². The van der Waals surface area contributed by atoms with Crippen molar-refractivity contribution in [2.45, 2.75) is 13.2 Å². The third-order valence-electron chi connectivity index (χ3n) is 3.82. The Kier molecular flexibility index (Phi) is 5.01. The molecule has 0 fully saturated rings. The van der Waals surface area contributed by atoms with Crippen LogP contribution < -0.4 is 9.47 Å². The SMILES string of the molecule is COc1ccc(OC)c(C(=O)OCc2nc3ccccc3n2C(F)F)c1. The number of benzene rings is 2. The minimum absolute atomic E-state index is 0.0450.